The number of thiazole rings is 1. The predicted octanol–water partition coefficient (Wildman–Crippen LogP) is 4.66. The molecule has 8 heteroatoms. The molecule has 1 unspecified atom stereocenters. The molecule has 5 atom stereocenters. The fraction of sp³-hybridized carbons (Fsp3) is 0.357. The van der Waals surface area contributed by atoms with Crippen molar-refractivity contribution in [1.29, 1.82) is 0 Å². The highest BCUT2D eigenvalue weighted by Crippen LogP contribution is 2.39. The summed E-state index contributed by atoms with van der Waals surface area (Å²) < 4.78 is 1.09. The zero-order valence-corrected chi connectivity index (χ0v) is 21.5. The number of pyridine rings is 1. The van der Waals surface area contributed by atoms with E-state index >= 15 is 0 Å². The van der Waals surface area contributed by atoms with E-state index in [1.54, 1.807) is 11.3 Å². The lowest BCUT2D eigenvalue weighted by Gasteiger charge is -2.23. The van der Waals surface area contributed by atoms with Crippen molar-refractivity contribution in [3.63, 3.8) is 0 Å². The first-order valence-electron chi connectivity index (χ1n) is 12.3. The molecule has 1 aliphatic carbocycles. The Balaban J connectivity index is 1.53. The number of para-hydroxylation sites is 1. The van der Waals surface area contributed by atoms with E-state index in [4.69, 9.17) is 9.97 Å². The third-order valence-electron chi connectivity index (χ3n) is 7.02. The van der Waals surface area contributed by atoms with Crippen LogP contribution in [0.4, 0.5) is 11.6 Å². The van der Waals surface area contributed by atoms with Crippen LogP contribution in [0.5, 0.6) is 0 Å². The first kappa shape index (κ1) is 24.6. The number of benzene rings is 2. The van der Waals surface area contributed by atoms with Crippen molar-refractivity contribution in [3.05, 3.63) is 71.3 Å². The normalized spacial score (nSPS) is 22.6. The Kier molecular flexibility index (Phi) is 6.94. The van der Waals surface area contributed by atoms with Crippen LogP contribution < -0.4 is 10.6 Å². The number of aryl methyl sites for hydroxylation is 2. The Labute approximate surface area is 214 Å². The van der Waals surface area contributed by atoms with Crippen LogP contribution >= 0.6 is 11.3 Å². The van der Waals surface area contributed by atoms with Crippen LogP contribution in [0.15, 0.2) is 54.6 Å². The molecule has 0 spiro atoms. The van der Waals surface area contributed by atoms with Crippen molar-refractivity contribution >= 4 is 33.2 Å². The lowest BCUT2D eigenvalue weighted by Crippen LogP contribution is -2.35. The van der Waals surface area contributed by atoms with E-state index < -0.39 is 18.2 Å². The van der Waals surface area contributed by atoms with Gasteiger partial charge in [-0.3, -0.25) is 0 Å². The lowest BCUT2D eigenvalue weighted by atomic mass is 10.1. The molecular weight excluding hydrogens is 472 g/mol. The molecule has 1 fully saturated rings. The maximum atomic E-state index is 10.7. The van der Waals surface area contributed by atoms with Crippen LogP contribution in [0.25, 0.3) is 20.8 Å². The fourth-order valence-electron chi connectivity index (χ4n) is 4.88. The van der Waals surface area contributed by atoms with Gasteiger partial charge < -0.3 is 26.0 Å². The first-order valence-corrected chi connectivity index (χ1v) is 13.1. The first-order chi connectivity index (χ1) is 17.3. The number of aliphatic hydroxyl groups excluding tert-OH is 3. The summed E-state index contributed by atoms with van der Waals surface area (Å²) in [5, 5.41) is 38.4. The summed E-state index contributed by atoms with van der Waals surface area (Å²) in [5.74, 6) is 0.926. The van der Waals surface area contributed by atoms with Gasteiger partial charge in [0.15, 0.2) is 0 Å². The van der Waals surface area contributed by atoms with Crippen molar-refractivity contribution in [2.24, 2.45) is 5.92 Å². The fourth-order valence-corrected chi connectivity index (χ4v) is 5.96. The number of aliphatic hydroxyl groups is 3. The molecule has 36 heavy (non-hydrogen) atoms. The van der Waals surface area contributed by atoms with Crippen molar-refractivity contribution in [1.82, 2.24) is 9.97 Å². The number of anilines is 2. The third kappa shape index (κ3) is 4.82. The minimum absolute atomic E-state index is 0.0383. The molecule has 4 aromatic rings. The van der Waals surface area contributed by atoms with E-state index in [1.807, 2.05) is 31.2 Å². The summed E-state index contributed by atoms with van der Waals surface area (Å²) in [5.41, 5.74) is 5.17. The largest absolute Gasteiger partial charge is 0.396 e. The summed E-state index contributed by atoms with van der Waals surface area (Å²) in [4.78, 5) is 9.78. The van der Waals surface area contributed by atoms with Crippen molar-refractivity contribution in [2.75, 3.05) is 17.2 Å². The zero-order chi connectivity index (χ0) is 25.4. The van der Waals surface area contributed by atoms with Crippen LogP contribution in [0, 0.1) is 19.8 Å². The summed E-state index contributed by atoms with van der Waals surface area (Å²) in [7, 11) is 0. The van der Waals surface area contributed by atoms with Crippen LogP contribution in [0.2, 0.25) is 0 Å². The summed E-state index contributed by atoms with van der Waals surface area (Å²) >= 11 is 1.60. The van der Waals surface area contributed by atoms with Crippen LogP contribution in [-0.2, 0) is 0 Å². The third-order valence-corrected chi connectivity index (χ3v) is 8.08. The second-order valence-corrected chi connectivity index (χ2v) is 10.8. The molecule has 0 radical (unpaired) electrons. The Hall–Kier alpha value is -3.04. The van der Waals surface area contributed by atoms with Crippen LogP contribution in [0.1, 0.15) is 36.1 Å². The molecular formula is C28H32N4O3S. The number of nitrogens with one attached hydrogen (secondary N) is 2. The number of hydrogen-bond acceptors (Lipinski definition) is 8. The van der Waals surface area contributed by atoms with Gasteiger partial charge in [0.25, 0.3) is 0 Å². The molecule has 5 N–H and O–H groups in total. The van der Waals surface area contributed by atoms with Gasteiger partial charge in [0, 0.05) is 18.6 Å². The zero-order valence-electron chi connectivity index (χ0n) is 20.6. The number of fused-ring (bicyclic) bond motifs is 1. The Morgan fingerprint density at radius 3 is 2.47 bits per heavy atom. The number of aromatic nitrogens is 2. The van der Waals surface area contributed by atoms with Gasteiger partial charge >= 0.3 is 0 Å². The van der Waals surface area contributed by atoms with Gasteiger partial charge in [-0.2, -0.15) is 0 Å². The molecule has 0 aliphatic heterocycles. The van der Waals surface area contributed by atoms with E-state index in [1.165, 1.54) is 5.56 Å². The van der Waals surface area contributed by atoms with E-state index in [-0.39, 0.29) is 18.6 Å². The number of rotatable bonds is 7. The van der Waals surface area contributed by atoms with Gasteiger partial charge in [-0.05, 0) is 56.5 Å². The molecule has 2 heterocycles. The Bertz CT molecular complexity index is 1320. The highest BCUT2D eigenvalue weighted by molar-refractivity contribution is 7.21. The van der Waals surface area contributed by atoms with Gasteiger partial charge in [-0.15, -0.1) is 11.3 Å². The quantitative estimate of drug-likeness (QED) is 0.249. The van der Waals surface area contributed by atoms with Gasteiger partial charge in [0.2, 0.25) is 0 Å². The summed E-state index contributed by atoms with van der Waals surface area (Å²) in [6.45, 7) is 6.02. The van der Waals surface area contributed by atoms with Crippen LogP contribution in [0.3, 0.4) is 0 Å². The predicted molar refractivity (Wildman–Crippen MR) is 145 cm³/mol. The second kappa shape index (κ2) is 10.1. The Morgan fingerprint density at radius 2 is 1.78 bits per heavy atom. The second-order valence-electron chi connectivity index (χ2n) is 9.72. The van der Waals surface area contributed by atoms with E-state index in [0.29, 0.717) is 18.1 Å². The molecule has 188 valence electrons. The monoisotopic (exact) mass is 504 g/mol. The molecule has 1 aliphatic rings. The average Bonchev–Trinajstić information content (AvgIpc) is 3.40. The maximum Gasteiger partial charge on any atom is 0.139 e. The number of hydrogen-bond donors (Lipinski definition) is 5. The van der Waals surface area contributed by atoms with Crippen molar-refractivity contribution < 1.29 is 15.3 Å². The smallest absolute Gasteiger partial charge is 0.139 e. The molecule has 5 rings (SSSR count). The minimum atomic E-state index is -1.00. The summed E-state index contributed by atoms with van der Waals surface area (Å²) in [6, 6.07) is 18.0. The molecule has 0 amide bonds. The Morgan fingerprint density at radius 1 is 1.03 bits per heavy atom. The van der Waals surface area contributed by atoms with E-state index in [9.17, 15) is 15.3 Å². The topological polar surface area (TPSA) is 111 Å². The van der Waals surface area contributed by atoms with Gasteiger partial charge in [0.05, 0.1) is 27.9 Å². The SMILES string of the molecule is Cc1ccc([C@@H](C)Nc2cc(C)c(-c3nc4ccccc4s3)c(NC3C[C@H](CO)[C@@H](O)[C@H]3O)n2)cc1. The van der Waals surface area contributed by atoms with E-state index in [0.717, 1.165) is 31.9 Å². The van der Waals surface area contributed by atoms with Gasteiger partial charge in [0.1, 0.15) is 22.7 Å². The molecule has 2 aromatic heterocycles. The van der Waals surface area contributed by atoms with Gasteiger partial charge in [-0.25, -0.2) is 9.97 Å². The average molecular weight is 505 g/mol. The molecule has 7 nitrogen and oxygen atoms in total. The minimum Gasteiger partial charge on any atom is -0.396 e. The molecule has 0 saturated heterocycles. The standard InChI is InChI=1S/C28H32N4O3S/c1-15-8-10-18(11-9-15)17(3)29-23-12-16(2)24(28-31-20-6-4-5-7-22(20)36-28)27(32-23)30-21-13-19(14-33)25(34)26(21)35/h4-12,17,19,21,25-26,33-35H,13-14H2,1-3H3,(H2,29,30,32)/t17-,19-,21?,25-,26+/m1/s1. The highest BCUT2D eigenvalue weighted by Gasteiger charge is 2.41. The number of nitrogens with zero attached hydrogens (tertiary/aromatic N) is 2. The van der Waals surface area contributed by atoms with Crippen molar-refractivity contribution in [2.45, 2.75) is 51.5 Å². The summed E-state index contributed by atoms with van der Waals surface area (Å²) in [6.07, 6.45) is -1.55. The maximum absolute atomic E-state index is 10.7. The van der Waals surface area contributed by atoms with E-state index in [2.05, 4.69) is 54.8 Å². The van der Waals surface area contributed by atoms with Crippen molar-refractivity contribution in [3.8, 4) is 10.6 Å². The lowest BCUT2D eigenvalue weighted by molar-refractivity contribution is 0.00446. The van der Waals surface area contributed by atoms with Crippen LogP contribution in [-0.4, -0.2) is 50.1 Å². The molecule has 1 saturated carbocycles. The molecule has 0 bridgehead atoms. The highest BCUT2D eigenvalue weighted by atomic mass is 32.1. The van der Waals surface area contributed by atoms with Gasteiger partial charge in [-0.1, -0.05) is 42.0 Å². The molecule has 2 aromatic carbocycles.